The maximum Gasteiger partial charge on any atom is 0.234 e. The maximum absolute atomic E-state index is 11.0. The summed E-state index contributed by atoms with van der Waals surface area (Å²) in [6, 6.07) is 0.842. The first-order chi connectivity index (χ1) is 7.50. The van der Waals surface area contributed by atoms with E-state index in [1.807, 2.05) is 6.92 Å². The number of hydrogen-bond donors (Lipinski definition) is 2. The number of nitrogens with two attached hydrogens (primary N) is 1. The van der Waals surface area contributed by atoms with Crippen LogP contribution < -0.4 is 11.1 Å². The third kappa shape index (κ3) is 4.10. The molecular weight excluding hydrogens is 202 g/mol. The zero-order chi connectivity index (χ0) is 12.1. The molecule has 0 saturated carbocycles. The number of likely N-dealkylation sites (tertiary alicyclic amines) is 1. The van der Waals surface area contributed by atoms with Crippen molar-refractivity contribution in [1.29, 1.82) is 0 Å². The van der Waals surface area contributed by atoms with Gasteiger partial charge in [0.25, 0.3) is 0 Å². The average Bonchev–Trinajstić information content (AvgIpc) is 2.43. The molecule has 94 valence electrons. The Balaban J connectivity index is 2.38. The van der Waals surface area contributed by atoms with E-state index in [0.29, 0.717) is 12.1 Å². The van der Waals surface area contributed by atoms with Crippen LogP contribution in [0.5, 0.6) is 0 Å². The van der Waals surface area contributed by atoms with Crippen molar-refractivity contribution >= 4 is 5.91 Å². The quantitative estimate of drug-likeness (QED) is 0.744. The first-order valence-electron chi connectivity index (χ1n) is 6.30. The maximum atomic E-state index is 11.0. The summed E-state index contributed by atoms with van der Waals surface area (Å²) >= 11 is 0. The molecule has 0 spiro atoms. The Kier molecular flexibility index (Phi) is 5.22. The zero-order valence-corrected chi connectivity index (χ0v) is 10.7. The van der Waals surface area contributed by atoms with Gasteiger partial charge in [-0.25, -0.2) is 0 Å². The molecule has 1 fully saturated rings. The number of hydrogen-bond acceptors (Lipinski definition) is 3. The standard InChI is InChI=1S/C12H25N3O/c1-9(2)15-7-4-5-11(6-8-15)14-10(3)12(13)16/h9-11,14H,4-8H2,1-3H3,(H2,13,16). The van der Waals surface area contributed by atoms with Crippen LogP contribution in [-0.2, 0) is 4.79 Å². The Hall–Kier alpha value is -0.610. The van der Waals surface area contributed by atoms with Crippen molar-refractivity contribution < 1.29 is 4.79 Å². The third-order valence-electron chi connectivity index (χ3n) is 3.41. The first-order valence-corrected chi connectivity index (χ1v) is 6.30. The Bertz CT molecular complexity index is 230. The molecule has 1 amide bonds. The van der Waals surface area contributed by atoms with Crippen LogP contribution >= 0.6 is 0 Å². The van der Waals surface area contributed by atoms with E-state index in [4.69, 9.17) is 5.73 Å². The van der Waals surface area contributed by atoms with Gasteiger partial charge in [-0.05, 0) is 53.1 Å². The fourth-order valence-electron chi connectivity index (χ4n) is 2.24. The van der Waals surface area contributed by atoms with Crippen LogP contribution in [0, 0.1) is 0 Å². The molecule has 1 aliphatic rings. The minimum Gasteiger partial charge on any atom is -0.368 e. The Morgan fingerprint density at radius 3 is 2.56 bits per heavy atom. The van der Waals surface area contributed by atoms with Gasteiger partial charge in [-0.15, -0.1) is 0 Å². The first kappa shape index (κ1) is 13.5. The van der Waals surface area contributed by atoms with Crippen LogP contribution in [0.1, 0.15) is 40.0 Å². The summed E-state index contributed by atoms with van der Waals surface area (Å²) in [5, 5.41) is 3.32. The molecule has 0 aromatic carbocycles. The van der Waals surface area contributed by atoms with Crippen molar-refractivity contribution in [1.82, 2.24) is 10.2 Å². The molecule has 1 rings (SSSR count). The molecule has 1 aliphatic heterocycles. The molecule has 2 atom stereocenters. The highest BCUT2D eigenvalue weighted by atomic mass is 16.1. The zero-order valence-electron chi connectivity index (χ0n) is 10.7. The molecule has 3 N–H and O–H groups in total. The lowest BCUT2D eigenvalue weighted by molar-refractivity contribution is -0.119. The second kappa shape index (κ2) is 6.21. The second-order valence-electron chi connectivity index (χ2n) is 5.05. The van der Waals surface area contributed by atoms with Gasteiger partial charge in [0.2, 0.25) is 5.91 Å². The van der Waals surface area contributed by atoms with Gasteiger partial charge in [-0.2, -0.15) is 0 Å². The summed E-state index contributed by atoms with van der Waals surface area (Å²) < 4.78 is 0. The molecule has 0 bridgehead atoms. The van der Waals surface area contributed by atoms with Crippen LogP contribution in [0.25, 0.3) is 0 Å². The SMILES string of the molecule is CC(NC1CCCN(C(C)C)CC1)C(N)=O. The second-order valence-corrected chi connectivity index (χ2v) is 5.05. The van der Waals surface area contributed by atoms with E-state index in [1.54, 1.807) is 0 Å². The van der Waals surface area contributed by atoms with Gasteiger partial charge in [-0.3, -0.25) is 4.79 Å². The molecule has 4 heteroatoms. The molecule has 0 radical (unpaired) electrons. The summed E-state index contributed by atoms with van der Waals surface area (Å²) in [6.45, 7) is 8.59. The normalized spacial score (nSPS) is 25.4. The minimum absolute atomic E-state index is 0.212. The fraction of sp³-hybridized carbons (Fsp3) is 0.917. The smallest absolute Gasteiger partial charge is 0.234 e. The largest absolute Gasteiger partial charge is 0.368 e. The van der Waals surface area contributed by atoms with Crippen LogP contribution in [0.4, 0.5) is 0 Å². The highest BCUT2D eigenvalue weighted by Gasteiger charge is 2.20. The van der Waals surface area contributed by atoms with E-state index in [9.17, 15) is 4.79 Å². The van der Waals surface area contributed by atoms with Crippen molar-refractivity contribution in [2.24, 2.45) is 5.73 Å². The highest BCUT2D eigenvalue weighted by molar-refractivity contribution is 5.79. The number of nitrogens with one attached hydrogen (secondary N) is 1. The Morgan fingerprint density at radius 2 is 2.00 bits per heavy atom. The van der Waals surface area contributed by atoms with Crippen LogP contribution in [0.15, 0.2) is 0 Å². The molecule has 1 saturated heterocycles. The topological polar surface area (TPSA) is 58.4 Å². The summed E-state index contributed by atoms with van der Waals surface area (Å²) in [6.07, 6.45) is 3.44. The van der Waals surface area contributed by atoms with E-state index < -0.39 is 0 Å². The fourth-order valence-corrected chi connectivity index (χ4v) is 2.24. The lowest BCUT2D eigenvalue weighted by Crippen LogP contribution is -2.44. The molecule has 0 aliphatic carbocycles. The van der Waals surface area contributed by atoms with Crippen molar-refractivity contribution in [3.63, 3.8) is 0 Å². The summed E-state index contributed by atoms with van der Waals surface area (Å²) in [4.78, 5) is 13.5. The molecule has 1 heterocycles. The van der Waals surface area contributed by atoms with E-state index in [2.05, 4.69) is 24.1 Å². The predicted molar refractivity (Wildman–Crippen MR) is 66.1 cm³/mol. The van der Waals surface area contributed by atoms with E-state index in [0.717, 1.165) is 19.4 Å². The van der Waals surface area contributed by atoms with Crippen molar-refractivity contribution in [2.75, 3.05) is 13.1 Å². The Labute approximate surface area is 98.6 Å². The number of carbonyl (C=O) groups is 1. The van der Waals surface area contributed by atoms with Gasteiger partial charge < -0.3 is 16.0 Å². The van der Waals surface area contributed by atoms with Crippen molar-refractivity contribution in [2.45, 2.75) is 58.2 Å². The van der Waals surface area contributed by atoms with Gasteiger partial charge in [-0.1, -0.05) is 0 Å². The molecular formula is C12H25N3O. The van der Waals surface area contributed by atoms with Gasteiger partial charge >= 0.3 is 0 Å². The monoisotopic (exact) mass is 227 g/mol. The van der Waals surface area contributed by atoms with Gasteiger partial charge in [0.15, 0.2) is 0 Å². The van der Waals surface area contributed by atoms with Crippen LogP contribution in [0.3, 0.4) is 0 Å². The molecule has 2 unspecified atom stereocenters. The number of nitrogens with zero attached hydrogens (tertiary/aromatic N) is 1. The van der Waals surface area contributed by atoms with Gasteiger partial charge in [0.1, 0.15) is 0 Å². The Morgan fingerprint density at radius 1 is 1.31 bits per heavy atom. The van der Waals surface area contributed by atoms with Crippen LogP contribution in [0.2, 0.25) is 0 Å². The van der Waals surface area contributed by atoms with Crippen LogP contribution in [-0.4, -0.2) is 42.0 Å². The minimum atomic E-state index is -0.259. The molecule has 0 aromatic rings. The van der Waals surface area contributed by atoms with Gasteiger partial charge in [0.05, 0.1) is 6.04 Å². The molecule has 4 nitrogen and oxygen atoms in total. The lowest BCUT2D eigenvalue weighted by Gasteiger charge is -2.24. The van der Waals surface area contributed by atoms with E-state index >= 15 is 0 Å². The number of rotatable bonds is 4. The van der Waals surface area contributed by atoms with E-state index in [-0.39, 0.29) is 11.9 Å². The van der Waals surface area contributed by atoms with Gasteiger partial charge in [0, 0.05) is 12.1 Å². The molecule has 16 heavy (non-hydrogen) atoms. The molecule has 0 aromatic heterocycles. The average molecular weight is 227 g/mol. The summed E-state index contributed by atoms with van der Waals surface area (Å²) in [7, 11) is 0. The van der Waals surface area contributed by atoms with Crippen molar-refractivity contribution in [3.05, 3.63) is 0 Å². The third-order valence-corrected chi connectivity index (χ3v) is 3.41. The predicted octanol–water partition coefficient (Wildman–Crippen LogP) is 0.713. The summed E-state index contributed by atoms with van der Waals surface area (Å²) in [5.41, 5.74) is 5.26. The number of primary amides is 1. The lowest BCUT2D eigenvalue weighted by atomic mass is 10.1. The number of amides is 1. The van der Waals surface area contributed by atoms with E-state index in [1.165, 1.54) is 13.0 Å². The van der Waals surface area contributed by atoms with Crippen molar-refractivity contribution in [3.8, 4) is 0 Å². The highest BCUT2D eigenvalue weighted by Crippen LogP contribution is 2.13. The number of carbonyl (C=O) groups excluding carboxylic acids is 1. The summed E-state index contributed by atoms with van der Waals surface area (Å²) in [5.74, 6) is -0.259.